The van der Waals surface area contributed by atoms with E-state index in [1.165, 1.54) is 0 Å². The molecule has 1 saturated heterocycles. The van der Waals surface area contributed by atoms with Gasteiger partial charge in [0.1, 0.15) is 0 Å². The normalized spacial score (nSPS) is 29.8. The average Bonchev–Trinajstić information content (AvgIpc) is 2.82. The Morgan fingerprint density at radius 1 is 1.39 bits per heavy atom. The first-order valence-electron chi connectivity index (χ1n) is 6.59. The minimum absolute atomic E-state index is 0.415. The summed E-state index contributed by atoms with van der Waals surface area (Å²) < 4.78 is 0. The van der Waals surface area contributed by atoms with Gasteiger partial charge in [-0.15, -0.1) is 0 Å². The SMILES string of the molecule is CC1CC(O)(c2cccc3[nH]ccc23)CCN1C. The summed E-state index contributed by atoms with van der Waals surface area (Å²) in [6, 6.07) is 8.62. The van der Waals surface area contributed by atoms with Gasteiger partial charge in [-0.1, -0.05) is 12.1 Å². The molecule has 1 aromatic carbocycles. The summed E-state index contributed by atoms with van der Waals surface area (Å²) in [5, 5.41) is 12.2. The Kier molecular flexibility index (Phi) is 2.68. The highest BCUT2D eigenvalue weighted by molar-refractivity contribution is 5.83. The molecule has 2 heterocycles. The summed E-state index contributed by atoms with van der Waals surface area (Å²) in [7, 11) is 2.13. The van der Waals surface area contributed by atoms with Crippen molar-refractivity contribution in [2.24, 2.45) is 0 Å². The Bertz CT molecular complexity index is 562. The monoisotopic (exact) mass is 244 g/mol. The number of aliphatic hydroxyl groups is 1. The van der Waals surface area contributed by atoms with Gasteiger partial charge in [0, 0.05) is 29.7 Å². The highest BCUT2D eigenvalue weighted by Crippen LogP contribution is 2.38. The second-order valence-corrected chi connectivity index (χ2v) is 5.56. The molecule has 2 atom stereocenters. The topological polar surface area (TPSA) is 39.3 Å². The molecule has 2 aromatic rings. The quantitative estimate of drug-likeness (QED) is 0.809. The van der Waals surface area contributed by atoms with Gasteiger partial charge in [-0.3, -0.25) is 0 Å². The van der Waals surface area contributed by atoms with E-state index in [1.54, 1.807) is 0 Å². The van der Waals surface area contributed by atoms with Crippen LogP contribution in [0.25, 0.3) is 10.9 Å². The van der Waals surface area contributed by atoms with Crippen LogP contribution >= 0.6 is 0 Å². The number of hydrogen-bond acceptors (Lipinski definition) is 2. The third-order valence-electron chi connectivity index (χ3n) is 4.36. The molecule has 3 heteroatoms. The fourth-order valence-corrected chi connectivity index (χ4v) is 3.06. The third-order valence-corrected chi connectivity index (χ3v) is 4.36. The second kappa shape index (κ2) is 4.11. The smallest absolute Gasteiger partial charge is 0.0930 e. The van der Waals surface area contributed by atoms with Crippen molar-refractivity contribution >= 4 is 10.9 Å². The van der Waals surface area contributed by atoms with Crippen molar-refractivity contribution in [2.45, 2.75) is 31.4 Å². The van der Waals surface area contributed by atoms with Crippen molar-refractivity contribution in [2.75, 3.05) is 13.6 Å². The molecule has 2 unspecified atom stereocenters. The second-order valence-electron chi connectivity index (χ2n) is 5.56. The predicted octanol–water partition coefficient (Wildman–Crippen LogP) is 2.47. The fraction of sp³-hybridized carbons (Fsp3) is 0.467. The predicted molar refractivity (Wildman–Crippen MR) is 73.5 cm³/mol. The van der Waals surface area contributed by atoms with E-state index in [1.807, 2.05) is 12.3 Å². The van der Waals surface area contributed by atoms with E-state index in [2.05, 4.69) is 42.1 Å². The Balaban J connectivity index is 2.05. The summed E-state index contributed by atoms with van der Waals surface area (Å²) in [6.45, 7) is 3.12. The number of likely N-dealkylation sites (tertiary alicyclic amines) is 1. The maximum absolute atomic E-state index is 11.0. The van der Waals surface area contributed by atoms with Crippen molar-refractivity contribution in [1.29, 1.82) is 0 Å². The van der Waals surface area contributed by atoms with Gasteiger partial charge in [0.05, 0.1) is 5.60 Å². The molecular weight excluding hydrogens is 224 g/mol. The number of nitrogens with zero attached hydrogens (tertiary/aromatic N) is 1. The van der Waals surface area contributed by atoms with Gasteiger partial charge in [-0.25, -0.2) is 0 Å². The zero-order valence-corrected chi connectivity index (χ0v) is 11.0. The zero-order valence-electron chi connectivity index (χ0n) is 11.0. The Labute approximate surface area is 107 Å². The van der Waals surface area contributed by atoms with Crippen molar-refractivity contribution in [3.05, 3.63) is 36.0 Å². The molecule has 2 N–H and O–H groups in total. The zero-order chi connectivity index (χ0) is 12.8. The molecule has 0 radical (unpaired) electrons. The number of aromatic amines is 1. The van der Waals surface area contributed by atoms with Crippen LogP contribution in [0.5, 0.6) is 0 Å². The number of aromatic nitrogens is 1. The average molecular weight is 244 g/mol. The molecule has 1 fully saturated rings. The van der Waals surface area contributed by atoms with Crippen LogP contribution in [0.3, 0.4) is 0 Å². The molecule has 0 saturated carbocycles. The first-order valence-corrected chi connectivity index (χ1v) is 6.59. The molecule has 0 bridgehead atoms. The Morgan fingerprint density at radius 3 is 3.00 bits per heavy atom. The maximum atomic E-state index is 11.0. The van der Waals surface area contributed by atoms with Gasteiger partial charge in [-0.2, -0.15) is 0 Å². The molecule has 0 aliphatic carbocycles. The Hall–Kier alpha value is -1.32. The first-order chi connectivity index (χ1) is 8.60. The van der Waals surface area contributed by atoms with Crippen LogP contribution in [0.15, 0.2) is 30.5 Å². The maximum Gasteiger partial charge on any atom is 0.0930 e. The van der Waals surface area contributed by atoms with Crippen LogP contribution in [0.2, 0.25) is 0 Å². The van der Waals surface area contributed by atoms with Gasteiger partial charge in [0.2, 0.25) is 0 Å². The van der Waals surface area contributed by atoms with Gasteiger partial charge in [0.25, 0.3) is 0 Å². The van der Waals surface area contributed by atoms with Crippen molar-refractivity contribution in [3.63, 3.8) is 0 Å². The van der Waals surface area contributed by atoms with E-state index < -0.39 is 5.60 Å². The molecule has 1 aliphatic rings. The van der Waals surface area contributed by atoms with E-state index in [0.717, 1.165) is 35.9 Å². The van der Waals surface area contributed by atoms with Gasteiger partial charge in [-0.05, 0) is 44.5 Å². The molecule has 0 amide bonds. The van der Waals surface area contributed by atoms with Gasteiger partial charge >= 0.3 is 0 Å². The van der Waals surface area contributed by atoms with Crippen LogP contribution in [0.1, 0.15) is 25.3 Å². The summed E-state index contributed by atoms with van der Waals surface area (Å²) in [5.74, 6) is 0. The van der Waals surface area contributed by atoms with E-state index in [0.29, 0.717) is 6.04 Å². The van der Waals surface area contributed by atoms with Gasteiger partial charge in [0.15, 0.2) is 0 Å². The molecular formula is C15H20N2O. The number of nitrogens with one attached hydrogen (secondary N) is 1. The number of piperidine rings is 1. The van der Waals surface area contributed by atoms with Crippen molar-refractivity contribution in [1.82, 2.24) is 9.88 Å². The molecule has 3 rings (SSSR count). The molecule has 96 valence electrons. The lowest BCUT2D eigenvalue weighted by atomic mass is 9.80. The number of hydrogen-bond donors (Lipinski definition) is 2. The van der Waals surface area contributed by atoms with E-state index in [-0.39, 0.29) is 0 Å². The van der Waals surface area contributed by atoms with E-state index in [9.17, 15) is 5.11 Å². The Morgan fingerprint density at radius 2 is 2.22 bits per heavy atom. The van der Waals surface area contributed by atoms with E-state index >= 15 is 0 Å². The van der Waals surface area contributed by atoms with Crippen LogP contribution in [0.4, 0.5) is 0 Å². The lowest BCUT2D eigenvalue weighted by molar-refractivity contribution is -0.0397. The molecule has 18 heavy (non-hydrogen) atoms. The van der Waals surface area contributed by atoms with Crippen LogP contribution < -0.4 is 0 Å². The summed E-state index contributed by atoms with van der Waals surface area (Å²) in [5.41, 5.74) is 1.49. The molecule has 1 aromatic heterocycles. The highest BCUT2D eigenvalue weighted by Gasteiger charge is 2.37. The fourth-order valence-electron chi connectivity index (χ4n) is 3.06. The number of rotatable bonds is 1. The first kappa shape index (κ1) is 11.8. The van der Waals surface area contributed by atoms with Crippen LogP contribution in [-0.4, -0.2) is 34.6 Å². The summed E-state index contributed by atoms with van der Waals surface area (Å²) in [4.78, 5) is 5.53. The van der Waals surface area contributed by atoms with Crippen molar-refractivity contribution in [3.8, 4) is 0 Å². The van der Waals surface area contributed by atoms with Crippen LogP contribution in [-0.2, 0) is 5.60 Å². The summed E-state index contributed by atoms with van der Waals surface area (Å²) in [6.07, 6.45) is 3.54. The van der Waals surface area contributed by atoms with Crippen molar-refractivity contribution < 1.29 is 5.11 Å². The number of fused-ring (bicyclic) bond motifs is 1. The highest BCUT2D eigenvalue weighted by atomic mass is 16.3. The standard InChI is InChI=1S/C15H20N2O/c1-11-10-15(18,7-9-17(11)2)13-4-3-5-14-12(13)6-8-16-14/h3-6,8,11,16,18H,7,9-10H2,1-2H3. The van der Waals surface area contributed by atoms with E-state index in [4.69, 9.17) is 0 Å². The molecule has 3 nitrogen and oxygen atoms in total. The summed E-state index contributed by atoms with van der Waals surface area (Å²) >= 11 is 0. The third kappa shape index (κ3) is 1.74. The van der Waals surface area contributed by atoms with Crippen LogP contribution in [0, 0.1) is 0 Å². The lowest BCUT2D eigenvalue weighted by Crippen LogP contribution is -2.45. The largest absolute Gasteiger partial charge is 0.385 e. The number of H-pyrrole nitrogens is 1. The molecule has 1 aliphatic heterocycles. The minimum atomic E-state index is -0.687. The lowest BCUT2D eigenvalue weighted by Gasteiger charge is -2.41. The minimum Gasteiger partial charge on any atom is -0.385 e. The molecule has 0 spiro atoms. The van der Waals surface area contributed by atoms with Gasteiger partial charge < -0.3 is 15.0 Å². The number of benzene rings is 1.